The summed E-state index contributed by atoms with van der Waals surface area (Å²) >= 11 is 5.83. The third-order valence-corrected chi connectivity index (χ3v) is 4.09. The van der Waals surface area contributed by atoms with Crippen LogP contribution in [0, 0.1) is 0 Å². The van der Waals surface area contributed by atoms with Crippen molar-refractivity contribution in [3.8, 4) is 17.2 Å². The SMILES string of the molecule is CC(C)(Oc1ccc(Cl)cc1)C(=O)OCC(=O)Nc1ccc2c(c1)OCCO2. The van der Waals surface area contributed by atoms with Crippen LogP contribution in [-0.4, -0.2) is 37.3 Å². The van der Waals surface area contributed by atoms with Crippen molar-refractivity contribution < 1.29 is 28.5 Å². The zero-order valence-electron chi connectivity index (χ0n) is 15.5. The van der Waals surface area contributed by atoms with Gasteiger partial charge in [-0.15, -0.1) is 0 Å². The molecule has 0 radical (unpaired) electrons. The van der Waals surface area contributed by atoms with Crippen LogP contribution in [0.4, 0.5) is 5.69 Å². The molecule has 1 aliphatic rings. The lowest BCUT2D eigenvalue weighted by Crippen LogP contribution is -2.41. The number of anilines is 1. The van der Waals surface area contributed by atoms with Gasteiger partial charge in [-0.3, -0.25) is 4.79 Å². The van der Waals surface area contributed by atoms with Crippen LogP contribution in [0.25, 0.3) is 0 Å². The standard InChI is InChI=1S/C20H20ClNO6/c1-20(2,28-15-6-3-13(21)4-7-15)19(24)27-12-18(23)22-14-5-8-16-17(11-14)26-10-9-25-16/h3-8,11H,9-10,12H2,1-2H3,(H,22,23). The first-order valence-electron chi connectivity index (χ1n) is 8.65. The highest BCUT2D eigenvalue weighted by molar-refractivity contribution is 6.30. The number of rotatable bonds is 6. The maximum atomic E-state index is 12.3. The molecule has 1 amide bonds. The van der Waals surface area contributed by atoms with E-state index in [4.69, 9.17) is 30.5 Å². The Bertz CT molecular complexity index is 865. The van der Waals surface area contributed by atoms with Crippen molar-refractivity contribution in [3.63, 3.8) is 0 Å². The predicted molar refractivity (Wildman–Crippen MR) is 103 cm³/mol. The van der Waals surface area contributed by atoms with Gasteiger partial charge in [0.15, 0.2) is 23.7 Å². The zero-order valence-corrected chi connectivity index (χ0v) is 16.2. The Kier molecular flexibility index (Phi) is 5.94. The first-order valence-corrected chi connectivity index (χ1v) is 9.02. The number of benzene rings is 2. The Balaban J connectivity index is 1.51. The molecule has 0 aliphatic carbocycles. The molecule has 0 atom stereocenters. The summed E-state index contributed by atoms with van der Waals surface area (Å²) in [6.45, 7) is 3.61. The van der Waals surface area contributed by atoms with Gasteiger partial charge in [-0.2, -0.15) is 0 Å². The van der Waals surface area contributed by atoms with E-state index in [2.05, 4.69) is 5.32 Å². The van der Waals surface area contributed by atoms with Crippen LogP contribution in [0.1, 0.15) is 13.8 Å². The molecule has 28 heavy (non-hydrogen) atoms. The summed E-state index contributed by atoms with van der Waals surface area (Å²) < 4.78 is 21.6. The molecule has 0 saturated heterocycles. The Hall–Kier alpha value is -2.93. The number of nitrogens with one attached hydrogen (secondary N) is 1. The number of amides is 1. The predicted octanol–water partition coefficient (Wildman–Crippen LogP) is 3.45. The van der Waals surface area contributed by atoms with Crippen LogP contribution in [0.3, 0.4) is 0 Å². The third kappa shape index (κ3) is 5.07. The molecule has 0 unspecified atom stereocenters. The van der Waals surface area contributed by atoms with E-state index in [0.717, 1.165) is 0 Å². The van der Waals surface area contributed by atoms with Gasteiger partial charge in [0.2, 0.25) is 0 Å². The van der Waals surface area contributed by atoms with Crippen LogP contribution in [0.15, 0.2) is 42.5 Å². The first-order chi connectivity index (χ1) is 13.3. The number of carbonyl (C=O) groups is 2. The molecule has 8 heteroatoms. The Morgan fingerprint density at radius 2 is 1.75 bits per heavy atom. The number of ether oxygens (including phenoxy) is 4. The maximum absolute atomic E-state index is 12.3. The van der Waals surface area contributed by atoms with E-state index in [1.165, 1.54) is 0 Å². The van der Waals surface area contributed by atoms with Crippen molar-refractivity contribution in [2.24, 2.45) is 0 Å². The van der Waals surface area contributed by atoms with Gasteiger partial charge in [0.1, 0.15) is 19.0 Å². The van der Waals surface area contributed by atoms with E-state index in [-0.39, 0.29) is 0 Å². The minimum atomic E-state index is -1.27. The Morgan fingerprint density at radius 1 is 1.07 bits per heavy atom. The molecule has 1 heterocycles. The fourth-order valence-electron chi connectivity index (χ4n) is 2.46. The third-order valence-electron chi connectivity index (χ3n) is 3.84. The highest BCUT2D eigenvalue weighted by atomic mass is 35.5. The molecule has 7 nitrogen and oxygen atoms in total. The lowest BCUT2D eigenvalue weighted by atomic mass is 10.1. The summed E-state index contributed by atoms with van der Waals surface area (Å²) in [4.78, 5) is 24.4. The van der Waals surface area contributed by atoms with E-state index >= 15 is 0 Å². The molecule has 1 aliphatic heterocycles. The van der Waals surface area contributed by atoms with E-state index in [0.29, 0.717) is 41.2 Å². The summed E-state index contributed by atoms with van der Waals surface area (Å²) in [6.07, 6.45) is 0. The quantitative estimate of drug-likeness (QED) is 0.741. The Morgan fingerprint density at radius 3 is 2.46 bits per heavy atom. The van der Waals surface area contributed by atoms with Crippen molar-refractivity contribution >= 4 is 29.2 Å². The van der Waals surface area contributed by atoms with Crippen molar-refractivity contribution in [1.82, 2.24) is 0 Å². The summed E-state index contributed by atoms with van der Waals surface area (Å²) in [7, 11) is 0. The van der Waals surface area contributed by atoms with Crippen LogP contribution in [-0.2, 0) is 14.3 Å². The fourth-order valence-corrected chi connectivity index (χ4v) is 2.59. The largest absolute Gasteiger partial charge is 0.486 e. The molecule has 2 aromatic rings. The van der Waals surface area contributed by atoms with Crippen LogP contribution < -0.4 is 19.5 Å². The number of hydrogen-bond donors (Lipinski definition) is 1. The van der Waals surface area contributed by atoms with E-state index < -0.39 is 24.1 Å². The second-order valence-corrected chi connectivity index (χ2v) is 6.99. The highest BCUT2D eigenvalue weighted by Gasteiger charge is 2.32. The first kappa shape index (κ1) is 19.8. The van der Waals surface area contributed by atoms with Gasteiger partial charge < -0.3 is 24.3 Å². The summed E-state index contributed by atoms with van der Waals surface area (Å²) in [6, 6.07) is 11.6. The zero-order chi connectivity index (χ0) is 20.1. The average molecular weight is 406 g/mol. The van der Waals surface area contributed by atoms with Crippen molar-refractivity contribution in [3.05, 3.63) is 47.5 Å². The van der Waals surface area contributed by atoms with Crippen LogP contribution >= 0.6 is 11.6 Å². The molecular formula is C20H20ClNO6. The molecule has 0 aromatic heterocycles. The van der Waals surface area contributed by atoms with Gasteiger partial charge in [0.25, 0.3) is 5.91 Å². The van der Waals surface area contributed by atoms with Crippen LogP contribution in [0.2, 0.25) is 5.02 Å². The summed E-state index contributed by atoms with van der Waals surface area (Å²) in [5, 5.41) is 3.21. The average Bonchev–Trinajstić information content (AvgIpc) is 2.67. The smallest absolute Gasteiger partial charge is 0.350 e. The van der Waals surface area contributed by atoms with Gasteiger partial charge in [0.05, 0.1) is 0 Å². The van der Waals surface area contributed by atoms with Gasteiger partial charge in [0, 0.05) is 16.8 Å². The van der Waals surface area contributed by atoms with Crippen LogP contribution in [0.5, 0.6) is 17.2 Å². The van der Waals surface area contributed by atoms with Gasteiger partial charge in [-0.05, 0) is 50.2 Å². The number of hydrogen-bond acceptors (Lipinski definition) is 6. The van der Waals surface area contributed by atoms with E-state index in [1.807, 2.05) is 0 Å². The molecule has 0 fully saturated rings. The second kappa shape index (κ2) is 8.39. The number of carbonyl (C=O) groups excluding carboxylic acids is 2. The minimum Gasteiger partial charge on any atom is -0.486 e. The minimum absolute atomic E-state index is 0.444. The molecule has 0 spiro atoms. The lowest BCUT2D eigenvalue weighted by Gasteiger charge is -2.24. The Labute approximate surface area is 167 Å². The molecule has 0 bridgehead atoms. The van der Waals surface area contributed by atoms with Crippen molar-refractivity contribution in [2.75, 3.05) is 25.1 Å². The molecule has 0 saturated carbocycles. The maximum Gasteiger partial charge on any atom is 0.350 e. The van der Waals surface area contributed by atoms with Gasteiger partial charge >= 0.3 is 5.97 Å². The molecule has 3 rings (SSSR count). The lowest BCUT2D eigenvalue weighted by molar-refractivity contribution is -0.161. The molecule has 2 aromatic carbocycles. The summed E-state index contributed by atoms with van der Waals surface area (Å²) in [5.74, 6) is 0.495. The number of halogens is 1. The van der Waals surface area contributed by atoms with Gasteiger partial charge in [-0.25, -0.2) is 4.79 Å². The highest BCUT2D eigenvalue weighted by Crippen LogP contribution is 2.32. The normalized spacial score (nSPS) is 12.8. The fraction of sp³-hybridized carbons (Fsp3) is 0.300. The summed E-state index contributed by atoms with van der Waals surface area (Å²) in [5.41, 5.74) is -0.757. The molecule has 1 N–H and O–H groups in total. The molecule has 148 valence electrons. The van der Waals surface area contributed by atoms with Gasteiger partial charge in [-0.1, -0.05) is 11.6 Å². The number of fused-ring (bicyclic) bond motifs is 1. The molecular weight excluding hydrogens is 386 g/mol. The number of esters is 1. The monoisotopic (exact) mass is 405 g/mol. The van der Waals surface area contributed by atoms with Crippen molar-refractivity contribution in [2.45, 2.75) is 19.4 Å². The topological polar surface area (TPSA) is 83.1 Å². The van der Waals surface area contributed by atoms with E-state index in [9.17, 15) is 9.59 Å². The van der Waals surface area contributed by atoms with Crippen molar-refractivity contribution in [1.29, 1.82) is 0 Å². The second-order valence-electron chi connectivity index (χ2n) is 6.55. The van der Waals surface area contributed by atoms with E-state index in [1.54, 1.807) is 56.3 Å².